The minimum absolute atomic E-state index is 0.0774. The van der Waals surface area contributed by atoms with E-state index in [0.29, 0.717) is 17.7 Å². The number of aromatic nitrogens is 1. The molecule has 7 rings (SSSR count). The molecule has 0 aliphatic heterocycles. The summed E-state index contributed by atoms with van der Waals surface area (Å²) < 4.78 is 343. The molecule has 3 nitrogen and oxygen atoms in total. The highest BCUT2D eigenvalue weighted by atomic mass is 19.4. The van der Waals surface area contributed by atoms with E-state index in [1.54, 1.807) is 6.07 Å². The first-order chi connectivity index (χ1) is 35.5. The molecule has 28 heteroatoms. The molecule has 0 atom stereocenters. The first-order valence-electron chi connectivity index (χ1n) is 21.3. The van der Waals surface area contributed by atoms with E-state index in [-0.39, 0.29) is 5.78 Å². The average molecular weight is 1140 g/mol. The maximum absolute atomic E-state index is 14.2. The van der Waals surface area contributed by atoms with Crippen LogP contribution in [0.3, 0.4) is 0 Å². The predicted molar refractivity (Wildman–Crippen MR) is 230 cm³/mol. The van der Waals surface area contributed by atoms with Gasteiger partial charge in [-0.3, -0.25) is 4.79 Å². The van der Waals surface area contributed by atoms with Crippen LogP contribution in [0.4, 0.5) is 105 Å². The number of Topliss-reactive ketones (excluding diaryl/α,β-unsaturated/α-hetero) is 1. The fraction of sp³-hybridized carbons (Fsp3) is 0.180. The summed E-state index contributed by atoms with van der Waals surface area (Å²) in [6.07, 6.45) is -51.0. The molecule has 7 aromatic rings. The van der Waals surface area contributed by atoms with Crippen molar-refractivity contribution in [3.63, 3.8) is 0 Å². The Morgan fingerprint density at radius 1 is 0.385 bits per heavy atom. The van der Waals surface area contributed by atoms with Crippen LogP contribution in [-0.2, 0) is 56.0 Å². The number of rotatable bonds is 7. The summed E-state index contributed by atoms with van der Waals surface area (Å²) in [5, 5.41) is 10.9. The molecule has 0 saturated carbocycles. The van der Waals surface area contributed by atoms with Crippen molar-refractivity contribution < 1.29 is 115 Å². The number of nitrogens with zero attached hydrogens (tertiary/aromatic N) is 2. The number of ketones is 1. The highest BCUT2D eigenvalue weighted by molar-refractivity contribution is 7.20. The van der Waals surface area contributed by atoms with Crippen molar-refractivity contribution in [1.82, 2.24) is 0 Å². The lowest BCUT2D eigenvalue weighted by atomic mass is 9.12. The van der Waals surface area contributed by atoms with Gasteiger partial charge in [-0.25, -0.2) is 0 Å². The van der Waals surface area contributed by atoms with E-state index in [1.807, 2.05) is 65.5 Å². The van der Waals surface area contributed by atoms with Crippen LogP contribution >= 0.6 is 0 Å². The number of carbonyl (C=O) groups excluding carboxylic acids is 1. The summed E-state index contributed by atoms with van der Waals surface area (Å²) in [6.45, 7) is 0.306. The fourth-order valence-corrected chi connectivity index (χ4v) is 8.35. The minimum Gasteiger partial charge on any atom is -0.287 e. The van der Waals surface area contributed by atoms with Crippen molar-refractivity contribution in [3.05, 3.63) is 195 Å². The highest BCUT2D eigenvalue weighted by Crippen LogP contribution is 2.41. The summed E-state index contributed by atoms with van der Waals surface area (Å²) in [5.41, 5.74) is -28.9. The van der Waals surface area contributed by atoms with Crippen molar-refractivity contribution in [2.24, 2.45) is 0 Å². The lowest BCUT2D eigenvalue weighted by molar-refractivity contribution is -0.681. The van der Waals surface area contributed by atoms with Crippen LogP contribution in [0.2, 0.25) is 0 Å². The van der Waals surface area contributed by atoms with Gasteiger partial charge in [-0.2, -0.15) is 137 Å². The van der Waals surface area contributed by atoms with Gasteiger partial charge in [0.25, 0.3) is 0 Å². The monoisotopic (exact) mass is 1140 g/mol. The third kappa shape index (κ3) is 13.3. The molecule has 0 aliphatic rings. The molecular weight excluding hydrogens is 1110 g/mol. The Kier molecular flexibility index (Phi) is 15.7. The van der Waals surface area contributed by atoms with Crippen molar-refractivity contribution >= 4 is 44.6 Å². The van der Waals surface area contributed by atoms with Gasteiger partial charge in [-0.1, -0.05) is 78.9 Å². The minimum atomic E-state index is -6.13. The summed E-state index contributed by atoms with van der Waals surface area (Å²) >= 11 is 0. The Balaban J connectivity index is 0.000000387. The van der Waals surface area contributed by atoms with E-state index in [0.717, 1.165) is 10.8 Å². The van der Waals surface area contributed by atoms with Gasteiger partial charge < -0.3 is 0 Å². The van der Waals surface area contributed by atoms with Gasteiger partial charge in [0.15, 0.2) is 12.4 Å². The normalized spacial score (nSPS) is 13.2. The van der Waals surface area contributed by atoms with E-state index in [9.17, 15) is 110 Å². The topological polar surface area (TPSA) is 44.7 Å². The van der Waals surface area contributed by atoms with Crippen LogP contribution in [0.15, 0.2) is 140 Å². The SMILES string of the molecule is FC(F)(F)c1cc([B-](c2cc(C(F)(F)F)cc(C(F)(F)F)c2)(c2cc(C(F)(F)F)cc(C(F)(F)F)c2)c2cc(C(F)(F)F)cc(C(F)(F)F)c2)cc(C(F)(F)F)c1.N#Cc1ccc2c[n+](CC(=O)c3ccccc3)ccc2c1. The Hall–Kier alpha value is -7.73. The van der Waals surface area contributed by atoms with E-state index in [4.69, 9.17) is 5.26 Å². The Bertz CT molecular complexity index is 2970. The first-order valence-corrected chi connectivity index (χ1v) is 21.3. The second kappa shape index (κ2) is 20.6. The Morgan fingerprint density at radius 3 is 0.949 bits per heavy atom. The fourth-order valence-electron chi connectivity index (χ4n) is 8.35. The van der Waals surface area contributed by atoms with E-state index in [2.05, 4.69) is 6.07 Å². The van der Waals surface area contributed by atoms with Crippen LogP contribution < -0.4 is 26.4 Å². The number of nitriles is 1. The summed E-state index contributed by atoms with van der Waals surface area (Å²) in [7, 11) is 0. The third-order valence-corrected chi connectivity index (χ3v) is 11.8. The molecule has 78 heavy (non-hydrogen) atoms. The molecule has 0 saturated heterocycles. The third-order valence-electron chi connectivity index (χ3n) is 11.8. The van der Waals surface area contributed by atoms with E-state index in [1.165, 1.54) is 0 Å². The number of hydrogen-bond acceptors (Lipinski definition) is 2. The van der Waals surface area contributed by atoms with E-state index >= 15 is 0 Å². The summed E-state index contributed by atoms with van der Waals surface area (Å²) in [5.74, 6) is 0.0774. The molecule has 1 heterocycles. The number of benzene rings is 6. The second-order valence-electron chi connectivity index (χ2n) is 17.1. The smallest absolute Gasteiger partial charge is 0.287 e. The van der Waals surface area contributed by atoms with Crippen LogP contribution in [0.5, 0.6) is 0 Å². The Labute approximate surface area is 421 Å². The summed E-state index contributed by atoms with van der Waals surface area (Å²) in [6, 6.07) is 10.0. The van der Waals surface area contributed by atoms with Gasteiger partial charge in [-0.05, 0) is 47.9 Å². The van der Waals surface area contributed by atoms with Crippen molar-refractivity contribution in [2.45, 2.75) is 56.0 Å². The van der Waals surface area contributed by atoms with Crippen molar-refractivity contribution in [2.75, 3.05) is 0 Å². The number of alkyl halides is 24. The Morgan fingerprint density at radius 2 is 0.679 bits per heavy atom. The van der Waals surface area contributed by atoms with Gasteiger partial charge in [0.05, 0.1) is 56.1 Å². The van der Waals surface area contributed by atoms with Crippen LogP contribution in [0.25, 0.3) is 10.8 Å². The highest BCUT2D eigenvalue weighted by Gasteiger charge is 2.47. The van der Waals surface area contributed by atoms with Crippen molar-refractivity contribution in [3.8, 4) is 6.07 Å². The number of pyridine rings is 1. The molecule has 0 bridgehead atoms. The standard InChI is InChI=1S/C32H12BF24.C18H13N2O/c34-25(35,36)13-1-14(26(37,38)39)6-21(5-13)33(22-7-15(27(40,41)42)2-16(8-22)28(43,44)45,23-9-17(29(46,47)48)3-18(10-23)30(49,50)51)24-11-19(31(52,53)54)4-20(12-24)32(55,56)57;19-11-14-6-7-17-12-20(9-8-16(17)10-14)13-18(21)15-4-2-1-3-5-15/h1-12H;1-10,12H,13H2/q-1;+1. The van der Waals surface area contributed by atoms with Crippen LogP contribution in [0, 0.1) is 11.3 Å². The number of carbonyl (C=O) groups is 1. The molecule has 0 N–H and O–H groups in total. The molecule has 0 radical (unpaired) electrons. The molecule has 0 amide bonds. The quantitative estimate of drug-likeness (QED) is 0.0691. The van der Waals surface area contributed by atoms with Gasteiger partial charge in [0, 0.05) is 17.0 Å². The number of fused-ring (bicyclic) bond motifs is 1. The zero-order chi connectivity index (χ0) is 58.6. The van der Waals surface area contributed by atoms with Gasteiger partial charge >= 0.3 is 49.4 Å². The maximum Gasteiger partial charge on any atom is 0.416 e. The number of hydrogen-bond donors (Lipinski definition) is 0. The molecular formula is C50H25BF24N2O. The zero-order valence-corrected chi connectivity index (χ0v) is 37.9. The predicted octanol–water partition coefficient (Wildman–Crippen LogP) is 14.1. The molecule has 0 fully saturated rings. The summed E-state index contributed by atoms with van der Waals surface area (Å²) in [4.78, 5) is 12.2. The number of halogens is 24. The maximum atomic E-state index is 14.2. The van der Waals surface area contributed by atoms with Gasteiger partial charge in [0.2, 0.25) is 12.3 Å². The van der Waals surface area contributed by atoms with Crippen LogP contribution in [0.1, 0.15) is 60.4 Å². The molecule has 412 valence electrons. The largest absolute Gasteiger partial charge is 0.416 e. The molecule has 0 unspecified atom stereocenters. The molecule has 6 aromatic carbocycles. The van der Waals surface area contributed by atoms with Gasteiger partial charge in [-0.15, -0.1) is 0 Å². The second-order valence-corrected chi connectivity index (χ2v) is 17.1. The van der Waals surface area contributed by atoms with Crippen LogP contribution in [-0.4, -0.2) is 11.9 Å². The van der Waals surface area contributed by atoms with E-state index < -0.39 is 195 Å². The van der Waals surface area contributed by atoms with Gasteiger partial charge in [0.1, 0.15) is 6.15 Å². The molecule has 0 spiro atoms. The zero-order valence-electron chi connectivity index (χ0n) is 37.9. The average Bonchev–Trinajstić information content (AvgIpc) is 3.46. The lowest BCUT2D eigenvalue weighted by Crippen LogP contribution is -2.75. The molecule has 0 aliphatic carbocycles. The van der Waals surface area contributed by atoms with Crippen molar-refractivity contribution in [1.29, 1.82) is 5.26 Å². The molecule has 1 aromatic heterocycles. The lowest BCUT2D eigenvalue weighted by Gasteiger charge is -2.46. The first kappa shape index (κ1) is 59.5.